The first kappa shape index (κ1) is 3.87. The molecular formula is C5H8O4. The predicted molar refractivity (Wildman–Crippen MR) is 29.1 cm³/mol. The van der Waals surface area contributed by atoms with E-state index in [9.17, 15) is 9.59 Å². The van der Waals surface area contributed by atoms with Crippen LogP contribution in [0.15, 0.2) is 0 Å². The Labute approximate surface area is 56.3 Å². The van der Waals surface area contributed by atoms with Crippen LogP contribution in [-0.4, -0.2) is 22.2 Å². The van der Waals surface area contributed by atoms with Crippen LogP contribution in [0.5, 0.6) is 0 Å². The first-order valence-electron chi connectivity index (χ1n) is 3.69. The van der Waals surface area contributed by atoms with Crippen LogP contribution < -0.4 is 0 Å². The minimum absolute atomic E-state index is 0.883. The van der Waals surface area contributed by atoms with E-state index in [0.29, 0.717) is 0 Å². The molecule has 9 heavy (non-hydrogen) atoms. The molecule has 2 N–H and O–H groups in total. The first-order chi connectivity index (χ1) is 5.25. The van der Waals surface area contributed by atoms with Gasteiger partial charge in [0.15, 0.2) is 0 Å². The molecular weight excluding hydrogens is 124 g/mol. The van der Waals surface area contributed by atoms with E-state index in [1.54, 1.807) is 0 Å². The molecule has 0 aromatic heterocycles. The van der Waals surface area contributed by atoms with E-state index in [1.165, 1.54) is 0 Å². The average Bonchev–Trinajstić information content (AvgIpc) is 1.79. The van der Waals surface area contributed by atoms with E-state index in [1.807, 2.05) is 0 Å². The van der Waals surface area contributed by atoms with Gasteiger partial charge >= 0.3 is 11.9 Å². The Bertz CT molecular complexity index is 197. The van der Waals surface area contributed by atoms with E-state index < -0.39 is 31.1 Å². The molecule has 52 valence electrons. The molecule has 0 aliphatic carbocycles. The largest absolute Gasteiger partial charge is 0.481 e. The summed E-state index contributed by atoms with van der Waals surface area (Å²) in [5, 5.41) is 16.5. The van der Waals surface area contributed by atoms with Crippen LogP contribution in [0.3, 0.4) is 0 Å². The number of carbonyl (C=O) groups is 2. The molecule has 0 aromatic rings. The first-order valence-corrected chi connectivity index (χ1v) is 2.19. The molecule has 0 bridgehead atoms. The lowest BCUT2D eigenvalue weighted by Gasteiger charge is -1.98. The van der Waals surface area contributed by atoms with Crippen LogP contribution >= 0.6 is 0 Å². The monoisotopic (exact) mass is 135 g/mol. The Morgan fingerprint density at radius 3 is 2.33 bits per heavy atom. The third-order valence-electron chi connectivity index (χ3n) is 0.677. The highest BCUT2D eigenvalue weighted by Crippen LogP contribution is 1.99. The molecule has 0 saturated carbocycles. The number of aliphatic carboxylic acids is 2. The van der Waals surface area contributed by atoms with Gasteiger partial charge in [-0.05, 0) is 0 Å². The zero-order valence-electron chi connectivity index (χ0n) is 7.50. The van der Waals surface area contributed by atoms with Gasteiger partial charge in [0, 0.05) is 4.11 Å². The van der Waals surface area contributed by atoms with Crippen molar-refractivity contribution >= 4 is 11.9 Å². The molecule has 0 fully saturated rings. The van der Waals surface area contributed by atoms with Gasteiger partial charge in [-0.1, -0.05) is 6.85 Å². The van der Waals surface area contributed by atoms with Gasteiger partial charge in [0.25, 0.3) is 0 Å². The lowest BCUT2D eigenvalue weighted by molar-refractivity contribution is -0.147. The number of carboxylic acid groups (broad SMARTS) is 2. The Hall–Kier alpha value is -1.06. The van der Waals surface area contributed by atoms with Crippen LogP contribution in [0.25, 0.3) is 0 Å². The van der Waals surface area contributed by atoms with E-state index >= 15 is 0 Å². The lowest BCUT2D eigenvalue weighted by atomic mass is 10.1. The highest BCUT2D eigenvalue weighted by atomic mass is 16.4. The average molecular weight is 135 g/mol. The van der Waals surface area contributed by atoms with Crippen LogP contribution in [0.4, 0.5) is 0 Å². The maximum absolute atomic E-state index is 10.3. The van der Waals surface area contributed by atoms with Crippen molar-refractivity contribution in [2.75, 3.05) is 0 Å². The van der Waals surface area contributed by atoms with Crippen LogP contribution in [-0.2, 0) is 9.59 Å². The van der Waals surface area contributed by atoms with Gasteiger partial charge in [-0.3, -0.25) is 9.59 Å². The van der Waals surface area contributed by atoms with E-state index in [0.717, 1.165) is 0 Å². The Balaban J connectivity index is 4.46. The zero-order valence-corrected chi connectivity index (χ0v) is 4.50. The molecule has 0 unspecified atom stereocenters. The SMILES string of the molecule is [2H]C([2H])([2H])[C@@H](CC(=O)O)C(=O)O. The summed E-state index contributed by atoms with van der Waals surface area (Å²) >= 11 is 0. The van der Waals surface area contributed by atoms with Crippen molar-refractivity contribution in [2.45, 2.75) is 13.3 Å². The summed E-state index contributed by atoms with van der Waals surface area (Å²) in [6, 6.07) is 0. The van der Waals surface area contributed by atoms with Crippen molar-refractivity contribution in [1.82, 2.24) is 0 Å². The van der Waals surface area contributed by atoms with Gasteiger partial charge in [-0.15, -0.1) is 0 Å². The fraction of sp³-hybridized carbons (Fsp3) is 0.600. The third-order valence-corrected chi connectivity index (χ3v) is 0.677. The Morgan fingerprint density at radius 1 is 1.67 bits per heavy atom. The lowest BCUT2D eigenvalue weighted by Crippen LogP contribution is -2.13. The standard InChI is InChI=1S/C5H8O4/c1-3(5(8)9)2-4(6)7/h3H,2H2,1H3,(H,6,7)(H,8,9)/t3-/m0/s1/i1D3. The summed E-state index contributed by atoms with van der Waals surface area (Å²) in [5.74, 6) is -4.87. The van der Waals surface area contributed by atoms with Crippen molar-refractivity contribution in [3.8, 4) is 0 Å². The fourth-order valence-corrected chi connectivity index (χ4v) is 0.262. The molecule has 0 spiro atoms. The fourth-order valence-electron chi connectivity index (χ4n) is 0.262. The quantitative estimate of drug-likeness (QED) is 0.579. The summed E-state index contributed by atoms with van der Waals surface area (Å²) in [7, 11) is 0. The van der Waals surface area contributed by atoms with Gasteiger partial charge in [-0.2, -0.15) is 0 Å². The molecule has 0 heterocycles. The topological polar surface area (TPSA) is 74.6 Å². The van der Waals surface area contributed by atoms with Crippen LogP contribution in [0, 0.1) is 5.92 Å². The molecule has 4 heteroatoms. The van der Waals surface area contributed by atoms with Crippen molar-refractivity contribution in [3.63, 3.8) is 0 Å². The number of carboxylic acids is 2. The van der Waals surface area contributed by atoms with Crippen LogP contribution in [0.1, 0.15) is 17.4 Å². The molecule has 4 nitrogen and oxygen atoms in total. The minimum atomic E-state index is -2.76. The third kappa shape index (κ3) is 3.52. The highest BCUT2D eigenvalue weighted by molar-refractivity contribution is 5.77. The second-order valence-corrected chi connectivity index (χ2v) is 1.49. The van der Waals surface area contributed by atoms with E-state index in [-0.39, 0.29) is 0 Å². The van der Waals surface area contributed by atoms with Gasteiger partial charge in [0.05, 0.1) is 12.3 Å². The summed E-state index contributed by atoms with van der Waals surface area (Å²) in [6.45, 7) is -2.76. The summed E-state index contributed by atoms with van der Waals surface area (Å²) in [6.07, 6.45) is -0.883. The maximum Gasteiger partial charge on any atom is 0.306 e. The van der Waals surface area contributed by atoms with Gasteiger partial charge in [0.2, 0.25) is 0 Å². The number of rotatable bonds is 3. The maximum atomic E-state index is 10.3. The molecule has 0 rings (SSSR count). The molecule has 0 aliphatic rings. The molecule has 0 aromatic carbocycles. The molecule has 1 atom stereocenters. The van der Waals surface area contributed by atoms with Gasteiger partial charge < -0.3 is 10.2 Å². The second-order valence-electron chi connectivity index (χ2n) is 1.49. The van der Waals surface area contributed by atoms with E-state index in [4.69, 9.17) is 14.3 Å². The smallest absolute Gasteiger partial charge is 0.306 e. The van der Waals surface area contributed by atoms with Crippen molar-refractivity contribution in [1.29, 1.82) is 0 Å². The van der Waals surface area contributed by atoms with Gasteiger partial charge in [0.1, 0.15) is 0 Å². The summed E-state index contributed by atoms with van der Waals surface area (Å²) in [4.78, 5) is 20.3. The minimum Gasteiger partial charge on any atom is -0.481 e. The summed E-state index contributed by atoms with van der Waals surface area (Å²) in [5.41, 5.74) is 0. The number of hydrogen-bond acceptors (Lipinski definition) is 2. The molecule has 0 amide bonds. The normalized spacial score (nSPS) is 18.9. The molecule has 0 radical (unpaired) electrons. The Kier molecular flexibility index (Phi) is 1.32. The van der Waals surface area contributed by atoms with Gasteiger partial charge in [-0.25, -0.2) is 0 Å². The highest BCUT2D eigenvalue weighted by Gasteiger charge is 2.13. The second kappa shape index (κ2) is 3.06. The molecule has 0 aliphatic heterocycles. The predicted octanol–water partition coefficient (Wildman–Crippen LogP) is 0.182. The Morgan fingerprint density at radius 2 is 2.22 bits per heavy atom. The van der Waals surface area contributed by atoms with Crippen molar-refractivity contribution < 1.29 is 23.9 Å². The van der Waals surface area contributed by atoms with Crippen molar-refractivity contribution in [2.24, 2.45) is 5.92 Å². The molecule has 0 saturated heterocycles. The van der Waals surface area contributed by atoms with Crippen LogP contribution in [0.2, 0.25) is 0 Å². The number of hydrogen-bond donors (Lipinski definition) is 2. The summed E-state index contributed by atoms with van der Waals surface area (Å²) < 4.78 is 20.1. The van der Waals surface area contributed by atoms with E-state index in [2.05, 4.69) is 0 Å². The zero-order chi connectivity index (χ0) is 9.94. The van der Waals surface area contributed by atoms with Crippen molar-refractivity contribution in [3.05, 3.63) is 0 Å².